The number of hydrogen-bond acceptors (Lipinski definition) is 4. The molecule has 1 aliphatic carbocycles. The molecule has 2 fully saturated rings. The minimum atomic E-state index is 0. The third-order valence-corrected chi connectivity index (χ3v) is 4.78. The number of hydrogen-bond donors (Lipinski definition) is 1. The van der Waals surface area contributed by atoms with Gasteiger partial charge in [0.25, 0.3) is 0 Å². The van der Waals surface area contributed by atoms with E-state index in [0.717, 1.165) is 35.4 Å². The molecule has 1 aromatic carbocycles. The number of nitrogens with zero attached hydrogens (tertiary/aromatic N) is 2. The van der Waals surface area contributed by atoms with E-state index in [1.54, 1.807) is 0 Å². The quantitative estimate of drug-likeness (QED) is 0.941. The number of halogens is 2. The van der Waals surface area contributed by atoms with Crippen molar-refractivity contribution in [1.29, 1.82) is 0 Å². The summed E-state index contributed by atoms with van der Waals surface area (Å²) >= 11 is 5.88. The molecule has 2 aliphatic rings. The summed E-state index contributed by atoms with van der Waals surface area (Å²) in [6.07, 6.45) is 3.10. The van der Waals surface area contributed by atoms with Crippen molar-refractivity contribution >= 4 is 24.0 Å². The van der Waals surface area contributed by atoms with E-state index in [1.807, 2.05) is 24.3 Å². The molecule has 0 bridgehead atoms. The van der Waals surface area contributed by atoms with Crippen molar-refractivity contribution in [2.75, 3.05) is 13.1 Å². The maximum absolute atomic E-state index is 5.88. The van der Waals surface area contributed by atoms with Crippen molar-refractivity contribution in [3.05, 3.63) is 46.6 Å². The number of benzene rings is 1. The van der Waals surface area contributed by atoms with Gasteiger partial charge in [0, 0.05) is 23.9 Å². The number of nitrogens with one attached hydrogen (secondary N) is 1. The van der Waals surface area contributed by atoms with Gasteiger partial charge < -0.3 is 9.84 Å². The molecular formula is C15H17Cl2N3O. The fourth-order valence-corrected chi connectivity index (χ4v) is 3.32. The standard InChI is InChI=1S/C15H16ClN3O.ClH/c16-11-3-1-10(2-4-11)7-13-18-14(20-19-13)12-8-15(12)5-6-17-9-15;/h1-4,12,17H,5-9H2;1H. The van der Waals surface area contributed by atoms with Gasteiger partial charge in [0.2, 0.25) is 5.89 Å². The Morgan fingerprint density at radius 2 is 2.14 bits per heavy atom. The first-order valence-corrected chi connectivity index (χ1v) is 7.41. The molecule has 21 heavy (non-hydrogen) atoms. The molecule has 2 aromatic rings. The second-order valence-corrected chi connectivity index (χ2v) is 6.33. The van der Waals surface area contributed by atoms with Gasteiger partial charge in [-0.3, -0.25) is 0 Å². The summed E-state index contributed by atoms with van der Waals surface area (Å²) < 4.78 is 5.46. The fraction of sp³-hybridized carbons (Fsp3) is 0.467. The lowest BCUT2D eigenvalue weighted by Gasteiger charge is -2.02. The Labute approximate surface area is 134 Å². The highest BCUT2D eigenvalue weighted by Gasteiger charge is 2.58. The molecule has 4 nitrogen and oxygen atoms in total. The Morgan fingerprint density at radius 3 is 2.86 bits per heavy atom. The Morgan fingerprint density at radius 1 is 1.33 bits per heavy atom. The lowest BCUT2D eigenvalue weighted by molar-refractivity contribution is 0.360. The van der Waals surface area contributed by atoms with Crippen LogP contribution in [-0.2, 0) is 6.42 Å². The van der Waals surface area contributed by atoms with Crippen LogP contribution in [0.4, 0.5) is 0 Å². The normalized spacial score (nSPS) is 26.8. The van der Waals surface area contributed by atoms with Gasteiger partial charge in [-0.15, -0.1) is 12.4 Å². The zero-order valence-corrected chi connectivity index (χ0v) is 13.1. The van der Waals surface area contributed by atoms with Crippen LogP contribution in [0.15, 0.2) is 28.8 Å². The molecule has 1 aliphatic heterocycles. The van der Waals surface area contributed by atoms with E-state index < -0.39 is 0 Å². The second-order valence-electron chi connectivity index (χ2n) is 5.90. The largest absolute Gasteiger partial charge is 0.339 e. The first-order valence-electron chi connectivity index (χ1n) is 7.03. The lowest BCUT2D eigenvalue weighted by atomic mass is 10.0. The van der Waals surface area contributed by atoms with Gasteiger partial charge in [0.15, 0.2) is 5.82 Å². The monoisotopic (exact) mass is 325 g/mol. The van der Waals surface area contributed by atoms with Crippen LogP contribution in [-0.4, -0.2) is 23.2 Å². The fourth-order valence-electron chi connectivity index (χ4n) is 3.20. The molecule has 6 heteroatoms. The molecule has 0 radical (unpaired) electrons. The molecule has 112 valence electrons. The van der Waals surface area contributed by atoms with Crippen molar-refractivity contribution in [3.8, 4) is 0 Å². The molecule has 4 rings (SSSR count). The average molecular weight is 326 g/mol. The van der Waals surface area contributed by atoms with Crippen LogP contribution in [0.5, 0.6) is 0 Å². The molecule has 2 unspecified atom stereocenters. The smallest absolute Gasteiger partial charge is 0.230 e. The topological polar surface area (TPSA) is 51.0 Å². The van der Waals surface area contributed by atoms with Crippen LogP contribution in [0.3, 0.4) is 0 Å². The van der Waals surface area contributed by atoms with Crippen molar-refractivity contribution in [2.45, 2.75) is 25.2 Å². The molecule has 2 atom stereocenters. The van der Waals surface area contributed by atoms with Gasteiger partial charge in [-0.2, -0.15) is 4.98 Å². The maximum Gasteiger partial charge on any atom is 0.230 e. The van der Waals surface area contributed by atoms with Gasteiger partial charge in [0.05, 0.1) is 0 Å². The summed E-state index contributed by atoms with van der Waals surface area (Å²) in [5, 5.41) is 8.28. The minimum absolute atomic E-state index is 0. The Bertz CT molecular complexity index is 620. The molecule has 1 saturated heterocycles. The summed E-state index contributed by atoms with van der Waals surface area (Å²) in [4.78, 5) is 4.57. The molecule has 2 heterocycles. The minimum Gasteiger partial charge on any atom is -0.339 e. The highest BCUT2D eigenvalue weighted by Crippen LogP contribution is 2.62. The Kier molecular flexibility index (Phi) is 3.95. The Balaban J connectivity index is 0.00000132. The molecular weight excluding hydrogens is 309 g/mol. The maximum atomic E-state index is 5.88. The van der Waals surface area contributed by atoms with E-state index in [1.165, 1.54) is 12.8 Å². The predicted octanol–water partition coefficient (Wildman–Crippen LogP) is 3.20. The first-order chi connectivity index (χ1) is 9.75. The van der Waals surface area contributed by atoms with Gasteiger partial charge in [0.1, 0.15) is 0 Å². The van der Waals surface area contributed by atoms with Crippen LogP contribution in [0, 0.1) is 5.41 Å². The highest BCUT2D eigenvalue weighted by molar-refractivity contribution is 6.30. The van der Waals surface area contributed by atoms with E-state index in [4.69, 9.17) is 16.1 Å². The average Bonchev–Trinajstić information content (AvgIpc) is 2.80. The van der Waals surface area contributed by atoms with Gasteiger partial charge >= 0.3 is 0 Å². The van der Waals surface area contributed by atoms with Crippen LogP contribution >= 0.6 is 24.0 Å². The third-order valence-electron chi connectivity index (χ3n) is 4.52. The van der Waals surface area contributed by atoms with E-state index in [2.05, 4.69) is 15.5 Å². The molecule has 0 amide bonds. The van der Waals surface area contributed by atoms with Crippen LogP contribution in [0.1, 0.15) is 36.0 Å². The van der Waals surface area contributed by atoms with Crippen molar-refractivity contribution in [3.63, 3.8) is 0 Å². The SMILES string of the molecule is Cl.Clc1ccc(Cc2noc(C3CC34CCNC4)n2)cc1. The lowest BCUT2D eigenvalue weighted by Crippen LogP contribution is -2.10. The van der Waals surface area contributed by atoms with Crippen LogP contribution in [0.25, 0.3) is 0 Å². The summed E-state index contributed by atoms with van der Waals surface area (Å²) in [6, 6.07) is 7.77. The van der Waals surface area contributed by atoms with E-state index >= 15 is 0 Å². The van der Waals surface area contributed by atoms with Crippen LogP contribution in [0.2, 0.25) is 5.02 Å². The Hall–Kier alpha value is -1.10. The highest BCUT2D eigenvalue weighted by atomic mass is 35.5. The van der Waals surface area contributed by atoms with E-state index in [-0.39, 0.29) is 12.4 Å². The summed E-state index contributed by atoms with van der Waals surface area (Å²) in [5.74, 6) is 2.04. The molecule has 1 saturated carbocycles. The molecule has 1 N–H and O–H groups in total. The number of rotatable bonds is 3. The first kappa shape index (κ1) is 14.8. The van der Waals surface area contributed by atoms with E-state index in [9.17, 15) is 0 Å². The van der Waals surface area contributed by atoms with Gasteiger partial charge in [-0.1, -0.05) is 28.9 Å². The molecule has 1 spiro atoms. The van der Waals surface area contributed by atoms with E-state index in [0.29, 0.717) is 17.8 Å². The van der Waals surface area contributed by atoms with Crippen molar-refractivity contribution < 1.29 is 4.52 Å². The second kappa shape index (κ2) is 5.59. The predicted molar refractivity (Wildman–Crippen MR) is 83.1 cm³/mol. The zero-order chi connectivity index (χ0) is 13.6. The third kappa shape index (κ3) is 2.80. The van der Waals surface area contributed by atoms with Crippen molar-refractivity contribution in [2.24, 2.45) is 5.41 Å². The summed E-state index contributed by atoms with van der Waals surface area (Å²) in [6.45, 7) is 2.20. The number of aromatic nitrogens is 2. The summed E-state index contributed by atoms with van der Waals surface area (Å²) in [7, 11) is 0. The zero-order valence-electron chi connectivity index (χ0n) is 11.5. The van der Waals surface area contributed by atoms with Gasteiger partial charge in [-0.25, -0.2) is 0 Å². The molecule has 1 aromatic heterocycles. The summed E-state index contributed by atoms with van der Waals surface area (Å²) in [5.41, 5.74) is 1.55. The van der Waals surface area contributed by atoms with Gasteiger partial charge in [-0.05, 0) is 42.5 Å². The van der Waals surface area contributed by atoms with Crippen LogP contribution < -0.4 is 5.32 Å². The van der Waals surface area contributed by atoms with Crippen molar-refractivity contribution in [1.82, 2.24) is 15.5 Å².